The van der Waals surface area contributed by atoms with Gasteiger partial charge in [0.1, 0.15) is 5.75 Å². The first-order chi connectivity index (χ1) is 16.1. The van der Waals surface area contributed by atoms with E-state index in [2.05, 4.69) is 27.7 Å². The highest BCUT2D eigenvalue weighted by Crippen LogP contribution is 2.27. The van der Waals surface area contributed by atoms with Gasteiger partial charge in [-0.05, 0) is 68.6 Å². The average Bonchev–Trinajstić information content (AvgIpc) is 3.40. The number of urea groups is 1. The number of hydrogen-bond donors (Lipinski definition) is 2. The highest BCUT2D eigenvalue weighted by atomic mass is 16.5. The van der Waals surface area contributed by atoms with Crippen molar-refractivity contribution >= 4 is 17.6 Å². The van der Waals surface area contributed by atoms with E-state index in [1.807, 2.05) is 42.5 Å². The van der Waals surface area contributed by atoms with Crippen LogP contribution in [0.3, 0.4) is 0 Å². The lowest BCUT2D eigenvalue weighted by Crippen LogP contribution is -2.48. The molecule has 2 saturated heterocycles. The van der Waals surface area contributed by atoms with Crippen LogP contribution in [0.4, 0.5) is 10.5 Å². The number of nitrogens with one attached hydrogen (secondary N) is 2. The second-order valence-electron chi connectivity index (χ2n) is 8.86. The highest BCUT2D eigenvalue weighted by Gasteiger charge is 2.30. The molecule has 7 nitrogen and oxygen atoms in total. The molecule has 2 fully saturated rings. The summed E-state index contributed by atoms with van der Waals surface area (Å²) < 4.78 is 5.30. The topological polar surface area (TPSA) is 73.9 Å². The van der Waals surface area contributed by atoms with Gasteiger partial charge in [-0.1, -0.05) is 30.3 Å². The Morgan fingerprint density at radius 1 is 1.00 bits per heavy atom. The first-order valence-electron chi connectivity index (χ1n) is 11.9. The molecular formula is C26H34N4O3. The van der Waals surface area contributed by atoms with E-state index in [0.717, 1.165) is 37.4 Å². The molecule has 2 aliphatic heterocycles. The van der Waals surface area contributed by atoms with E-state index in [9.17, 15) is 9.59 Å². The molecule has 0 spiro atoms. The summed E-state index contributed by atoms with van der Waals surface area (Å²) in [5.41, 5.74) is 1.95. The number of nitrogens with zero attached hydrogens (tertiary/aromatic N) is 2. The van der Waals surface area contributed by atoms with Crippen LogP contribution in [0.2, 0.25) is 0 Å². The number of methoxy groups -OCH3 is 1. The number of ether oxygens (including phenoxy) is 1. The van der Waals surface area contributed by atoms with E-state index in [1.165, 1.54) is 18.4 Å². The maximum atomic E-state index is 13.1. The first kappa shape index (κ1) is 23.1. The predicted octanol–water partition coefficient (Wildman–Crippen LogP) is 3.89. The maximum Gasteiger partial charge on any atom is 0.321 e. The molecule has 176 valence electrons. The van der Waals surface area contributed by atoms with Gasteiger partial charge in [0.2, 0.25) is 5.91 Å². The molecule has 2 atom stereocenters. The lowest BCUT2D eigenvalue weighted by molar-refractivity contribution is -0.126. The largest absolute Gasteiger partial charge is 0.497 e. The summed E-state index contributed by atoms with van der Waals surface area (Å²) in [7, 11) is 1.67. The van der Waals surface area contributed by atoms with Crippen LogP contribution in [0.15, 0.2) is 54.6 Å². The molecule has 0 unspecified atom stereocenters. The number of hydrogen-bond acceptors (Lipinski definition) is 4. The van der Waals surface area contributed by atoms with Gasteiger partial charge in [0.05, 0.1) is 19.1 Å². The van der Waals surface area contributed by atoms with Crippen LogP contribution in [-0.2, 0) is 4.79 Å². The van der Waals surface area contributed by atoms with E-state index < -0.39 is 0 Å². The number of carbonyl (C=O) groups excluding carboxylic acids is 2. The smallest absolute Gasteiger partial charge is 0.321 e. The zero-order valence-electron chi connectivity index (χ0n) is 19.3. The normalized spacial score (nSPS) is 19.7. The minimum Gasteiger partial charge on any atom is -0.497 e. The molecule has 2 heterocycles. The fourth-order valence-electron chi connectivity index (χ4n) is 4.78. The molecule has 0 radical (unpaired) electrons. The number of amides is 3. The van der Waals surface area contributed by atoms with Crippen molar-refractivity contribution in [1.82, 2.24) is 15.1 Å². The second kappa shape index (κ2) is 11.2. The van der Waals surface area contributed by atoms with Crippen LogP contribution in [0.5, 0.6) is 5.75 Å². The van der Waals surface area contributed by atoms with Crippen LogP contribution < -0.4 is 15.4 Å². The van der Waals surface area contributed by atoms with Crippen molar-refractivity contribution in [2.75, 3.05) is 45.2 Å². The summed E-state index contributed by atoms with van der Waals surface area (Å²) in [5, 5.41) is 6.12. The minimum atomic E-state index is -0.185. The van der Waals surface area contributed by atoms with Crippen LogP contribution in [0, 0.1) is 5.92 Å². The Morgan fingerprint density at radius 3 is 2.42 bits per heavy atom. The van der Waals surface area contributed by atoms with Crippen molar-refractivity contribution in [3.63, 3.8) is 0 Å². The molecule has 2 aliphatic rings. The van der Waals surface area contributed by atoms with Crippen LogP contribution >= 0.6 is 0 Å². The van der Waals surface area contributed by atoms with Crippen molar-refractivity contribution < 1.29 is 14.3 Å². The number of carbonyl (C=O) groups is 2. The monoisotopic (exact) mass is 450 g/mol. The average molecular weight is 451 g/mol. The van der Waals surface area contributed by atoms with E-state index in [-0.39, 0.29) is 23.9 Å². The Morgan fingerprint density at radius 2 is 1.73 bits per heavy atom. The molecule has 2 N–H and O–H groups in total. The number of anilines is 1. The number of rotatable bonds is 7. The molecule has 33 heavy (non-hydrogen) atoms. The van der Waals surface area contributed by atoms with E-state index >= 15 is 0 Å². The van der Waals surface area contributed by atoms with Crippen molar-refractivity contribution in [2.24, 2.45) is 5.92 Å². The SMILES string of the molecule is COc1ccc([C@H](CNC(=O)[C@H]2CCCN(C(=O)Nc3ccccc3)C2)N2CCCC2)cc1. The third kappa shape index (κ3) is 6.05. The zero-order valence-corrected chi connectivity index (χ0v) is 19.3. The van der Waals surface area contributed by atoms with Gasteiger partial charge >= 0.3 is 6.03 Å². The van der Waals surface area contributed by atoms with E-state index in [4.69, 9.17) is 4.74 Å². The molecule has 4 rings (SSSR count). The molecule has 2 aromatic carbocycles. The molecule has 0 aliphatic carbocycles. The summed E-state index contributed by atoms with van der Waals surface area (Å²) in [6.07, 6.45) is 4.01. The van der Waals surface area contributed by atoms with Crippen molar-refractivity contribution in [3.05, 3.63) is 60.2 Å². The Hall–Kier alpha value is -3.06. The third-order valence-corrected chi connectivity index (χ3v) is 6.66. The number of para-hydroxylation sites is 1. The summed E-state index contributed by atoms with van der Waals surface area (Å²) in [5.74, 6) is 0.680. The minimum absolute atomic E-state index is 0.0323. The van der Waals surface area contributed by atoms with E-state index in [1.54, 1.807) is 12.0 Å². The van der Waals surface area contributed by atoms with Crippen molar-refractivity contribution in [1.29, 1.82) is 0 Å². The molecular weight excluding hydrogens is 416 g/mol. The molecule has 7 heteroatoms. The van der Waals surface area contributed by atoms with Gasteiger partial charge in [0.25, 0.3) is 0 Å². The molecule has 3 amide bonds. The zero-order chi connectivity index (χ0) is 23.0. The predicted molar refractivity (Wildman–Crippen MR) is 129 cm³/mol. The standard InChI is InChI=1S/C26H34N4O3/c1-33-23-13-11-20(12-14-23)24(29-15-5-6-16-29)18-27-25(31)21-8-7-17-30(19-21)26(32)28-22-9-3-2-4-10-22/h2-4,9-14,21,24H,5-8,15-19H2,1H3,(H,27,31)(H,28,32)/t21-,24-/m0/s1. The summed E-state index contributed by atoms with van der Waals surface area (Å²) in [6.45, 7) is 3.77. The van der Waals surface area contributed by atoms with Gasteiger partial charge in [-0.15, -0.1) is 0 Å². The summed E-state index contributed by atoms with van der Waals surface area (Å²) in [4.78, 5) is 29.9. The van der Waals surface area contributed by atoms with Gasteiger partial charge in [0, 0.05) is 25.3 Å². The van der Waals surface area contributed by atoms with Crippen molar-refractivity contribution in [2.45, 2.75) is 31.7 Å². The molecule has 2 aromatic rings. The van der Waals surface area contributed by atoms with Gasteiger partial charge in [-0.25, -0.2) is 4.79 Å². The number of benzene rings is 2. The van der Waals surface area contributed by atoms with Gasteiger partial charge < -0.3 is 20.3 Å². The van der Waals surface area contributed by atoms with E-state index in [0.29, 0.717) is 19.6 Å². The third-order valence-electron chi connectivity index (χ3n) is 6.66. The summed E-state index contributed by atoms with van der Waals surface area (Å²) >= 11 is 0. The van der Waals surface area contributed by atoms with Crippen LogP contribution in [-0.4, -0.2) is 61.6 Å². The maximum absolute atomic E-state index is 13.1. The lowest BCUT2D eigenvalue weighted by atomic mass is 9.97. The lowest BCUT2D eigenvalue weighted by Gasteiger charge is -2.33. The number of likely N-dealkylation sites (tertiary alicyclic amines) is 2. The van der Waals surface area contributed by atoms with Crippen LogP contribution in [0.25, 0.3) is 0 Å². The van der Waals surface area contributed by atoms with Crippen LogP contribution in [0.1, 0.15) is 37.3 Å². The first-order valence-corrected chi connectivity index (χ1v) is 11.9. The van der Waals surface area contributed by atoms with Gasteiger partial charge in [-0.2, -0.15) is 0 Å². The Labute approximate surface area is 196 Å². The Balaban J connectivity index is 1.34. The fraction of sp³-hybridized carbons (Fsp3) is 0.462. The highest BCUT2D eigenvalue weighted by molar-refractivity contribution is 5.90. The Bertz CT molecular complexity index is 913. The Kier molecular flexibility index (Phi) is 7.83. The van der Waals surface area contributed by atoms with Crippen molar-refractivity contribution in [3.8, 4) is 5.75 Å². The molecule has 0 aromatic heterocycles. The van der Waals surface area contributed by atoms with Gasteiger partial charge in [-0.3, -0.25) is 9.69 Å². The molecule has 0 bridgehead atoms. The second-order valence-corrected chi connectivity index (χ2v) is 8.86. The molecule has 0 saturated carbocycles. The fourth-order valence-corrected chi connectivity index (χ4v) is 4.78. The summed E-state index contributed by atoms with van der Waals surface area (Å²) in [6, 6.07) is 17.5. The number of piperidine rings is 1. The van der Waals surface area contributed by atoms with Gasteiger partial charge in [0.15, 0.2) is 0 Å². The quantitative estimate of drug-likeness (QED) is 0.671.